The number of benzene rings is 2. The highest BCUT2D eigenvalue weighted by Gasteiger charge is 2.21. The van der Waals surface area contributed by atoms with Crippen molar-refractivity contribution in [3.63, 3.8) is 0 Å². The molecule has 0 aliphatic carbocycles. The topological polar surface area (TPSA) is 66.3 Å². The summed E-state index contributed by atoms with van der Waals surface area (Å²) in [6.07, 6.45) is 2.09. The predicted octanol–water partition coefficient (Wildman–Crippen LogP) is 4.20. The molecule has 3 heterocycles. The third-order valence-corrected chi connectivity index (χ3v) is 6.28. The van der Waals surface area contributed by atoms with Crippen LogP contribution in [0.3, 0.4) is 0 Å². The lowest BCUT2D eigenvalue weighted by atomic mass is 10.2. The number of hydrogen-bond acceptors (Lipinski definition) is 5. The van der Waals surface area contributed by atoms with Crippen molar-refractivity contribution in [1.82, 2.24) is 19.4 Å². The minimum Gasteiger partial charge on any atom is -0.343 e. The SMILES string of the molecule is Cc1cc(Cl)nc(N2CCN(CC(=O)Nc3ccc4c(ccn4Cc4ccccc4)c3)CC2)n1. The molecule has 4 aromatic rings. The molecule has 1 amide bonds. The van der Waals surface area contributed by atoms with Crippen molar-refractivity contribution in [2.24, 2.45) is 0 Å². The molecule has 0 radical (unpaired) electrons. The molecule has 5 rings (SSSR count). The maximum Gasteiger partial charge on any atom is 0.238 e. The Balaban J connectivity index is 1.16. The highest BCUT2D eigenvalue weighted by atomic mass is 35.5. The minimum absolute atomic E-state index is 0.00799. The van der Waals surface area contributed by atoms with Gasteiger partial charge in [-0.25, -0.2) is 9.97 Å². The van der Waals surface area contributed by atoms with Crippen molar-refractivity contribution in [3.8, 4) is 0 Å². The smallest absolute Gasteiger partial charge is 0.238 e. The Labute approximate surface area is 204 Å². The Morgan fingerprint density at radius 1 is 1.00 bits per heavy atom. The van der Waals surface area contributed by atoms with Gasteiger partial charge in [-0.3, -0.25) is 9.69 Å². The Morgan fingerprint density at radius 2 is 1.79 bits per heavy atom. The van der Waals surface area contributed by atoms with Gasteiger partial charge in [0.05, 0.1) is 6.54 Å². The number of hydrogen-bond donors (Lipinski definition) is 1. The third-order valence-electron chi connectivity index (χ3n) is 6.08. The Bertz CT molecular complexity index is 1280. The molecule has 1 fully saturated rings. The van der Waals surface area contributed by atoms with Gasteiger partial charge in [0.25, 0.3) is 0 Å². The van der Waals surface area contributed by atoms with Crippen LogP contribution in [-0.2, 0) is 11.3 Å². The summed E-state index contributed by atoms with van der Waals surface area (Å²) in [6.45, 7) is 6.14. The quantitative estimate of drug-likeness (QED) is 0.424. The van der Waals surface area contributed by atoms with E-state index in [1.54, 1.807) is 6.07 Å². The number of amides is 1. The number of carbonyl (C=O) groups excluding carboxylic acids is 1. The van der Waals surface area contributed by atoms with Crippen LogP contribution < -0.4 is 10.2 Å². The lowest BCUT2D eigenvalue weighted by Crippen LogP contribution is -2.49. The number of halogens is 1. The molecule has 174 valence electrons. The first-order valence-electron chi connectivity index (χ1n) is 11.4. The van der Waals surface area contributed by atoms with Crippen LogP contribution in [0.25, 0.3) is 10.9 Å². The zero-order valence-electron chi connectivity index (χ0n) is 19.1. The number of nitrogens with zero attached hydrogens (tertiary/aromatic N) is 5. The normalized spacial score (nSPS) is 14.5. The summed E-state index contributed by atoms with van der Waals surface area (Å²) >= 11 is 6.08. The van der Waals surface area contributed by atoms with Crippen molar-refractivity contribution in [2.75, 3.05) is 42.9 Å². The zero-order chi connectivity index (χ0) is 23.5. The van der Waals surface area contributed by atoms with Gasteiger partial charge in [-0.15, -0.1) is 0 Å². The molecular formula is C26H27ClN6O. The fourth-order valence-electron chi connectivity index (χ4n) is 4.36. The van der Waals surface area contributed by atoms with Crippen LogP contribution in [0.5, 0.6) is 0 Å². The fraction of sp³-hybridized carbons (Fsp3) is 0.269. The second-order valence-electron chi connectivity index (χ2n) is 8.65. The summed E-state index contributed by atoms with van der Waals surface area (Å²) in [5.41, 5.74) is 4.08. The van der Waals surface area contributed by atoms with Gasteiger partial charge in [0.1, 0.15) is 5.15 Å². The minimum atomic E-state index is -0.00799. The molecule has 0 spiro atoms. The maximum atomic E-state index is 12.7. The van der Waals surface area contributed by atoms with Crippen molar-refractivity contribution in [3.05, 3.63) is 83.3 Å². The highest BCUT2D eigenvalue weighted by molar-refractivity contribution is 6.29. The molecule has 7 nitrogen and oxygen atoms in total. The van der Waals surface area contributed by atoms with E-state index in [9.17, 15) is 4.79 Å². The molecule has 2 aromatic heterocycles. The van der Waals surface area contributed by atoms with E-state index in [-0.39, 0.29) is 5.91 Å². The monoisotopic (exact) mass is 474 g/mol. The van der Waals surface area contributed by atoms with Crippen LogP contribution in [0, 0.1) is 6.92 Å². The summed E-state index contributed by atoms with van der Waals surface area (Å²) in [7, 11) is 0. The van der Waals surface area contributed by atoms with Gasteiger partial charge in [0.15, 0.2) is 0 Å². The van der Waals surface area contributed by atoms with Gasteiger partial charge in [-0.2, -0.15) is 0 Å². The zero-order valence-corrected chi connectivity index (χ0v) is 19.9. The molecule has 0 bridgehead atoms. The first kappa shape index (κ1) is 22.4. The van der Waals surface area contributed by atoms with E-state index in [1.165, 1.54) is 5.56 Å². The average Bonchev–Trinajstić information content (AvgIpc) is 3.21. The molecule has 8 heteroatoms. The fourth-order valence-corrected chi connectivity index (χ4v) is 4.60. The van der Waals surface area contributed by atoms with Crippen LogP contribution in [0.2, 0.25) is 5.15 Å². The molecule has 1 saturated heterocycles. The highest BCUT2D eigenvalue weighted by Crippen LogP contribution is 2.22. The third kappa shape index (κ3) is 5.21. The van der Waals surface area contributed by atoms with E-state index in [4.69, 9.17) is 11.6 Å². The standard InChI is InChI=1S/C26H27ClN6O/c1-19-15-24(27)30-26(28-19)32-13-11-31(12-14-32)18-25(34)29-22-7-8-23-21(16-22)9-10-33(23)17-20-5-3-2-4-6-20/h2-10,15-16H,11-14,17-18H2,1H3,(H,29,34). The second-order valence-corrected chi connectivity index (χ2v) is 9.03. The van der Waals surface area contributed by atoms with Gasteiger partial charge in [0.2, 0.25) is 11.9 Å². The number of rotatable bonds is 6. The number of carbonyl (C=O) groups is 1. The maximum absolute atomic E-state index is 12.7. The molecule has 2 aromatic carbocycles. The van der Waals surface area contributed by atoms with E-state index >= 15 is 0 Å². The molecule has 0 atom stereocenters. The van der Waals surface area contributed by atoms with Crippen molar-refractivity contribution in [1.29, 1.82) is 0 Å². The summed E-state index contributed by atoms with van der Waals surface area (Å²) < 4.78 is 2.22. The summed E-state index contributed by atoms with van der Waals surface area (Å²) in [4.78, 5) is 25.8. The summed E-state index contributed by atoms with van der Waals surface area (Å²) in [5.74, 6) is 0.646. The number of nitrogens with one attached hydrogen (secondary N) is 1. The first-order valence-corrected chi connectivity index (χ1v) is 11.8. The summed E-state index contributed by atoms with van der Waals surface area (Å²) in [5, 5.41) is 4.62. The molecule has 0 unspecified atom stereocenters. The molecule has 0 saturated carbocycles. The number of anilines is 2. The van der Waals surface area contributed by atoms with Gasteiger partial charge in [-0.05, 0) is 42.8 Å². The Morgan fingerprint density at radius 3 is 2.56 bits per heavy atom. The first-order chi connectivity index (χ1) is 16.5. The predicted molar refractivity (Wildman–Crippen MR) is 137 cm³/mol. The Hall–Kier alpha value is -3.42. The molecule has 1 N–H and O–H groups in total. The van der Waals surface area contributed by atoms with Gasteiger partial charge >= 0.3 is 0 Å². The van der Waals surface area contributed by atoms with Gasteiger partial charge < -0.3 is 14.8 Å². The lowest BCUT2D eigenvalue weighted by Gasteiger charge is -2.34. The number of piperazine rings is 1. The average molecular weight is 475 g/mol. The second kappa shape index (κ2) is 9.83. The van der Waals surface area contributed by atoms with E-state index < -0.39 is 0 Å². The van der Waals surface area contributed by atoms with E-state index in [1.807, 2.05) is 25.1 Å². The van der Waals surface area contributed by atoms with E-state index in [2.05, 4.69) is 72.2 Å². The molecule has 34 heavy (non-hydrogen) atoms. The van der Waals surface area contributed by atoms with Crippen molar-refractivity contribution in [2.45, 2.75) is 13.5 Å². The number of aryl methyl sites for hydroxylation is 1. The van der Waals surface area contributed by atoms with Crippen LogP contribution in [0.15, 0.2) is 66.9 Å². The van der Waals surface area contributed by atoms with Gasteiger partial charge in [-0.1, -0.05) is 41.9 Å². The van der Waals surface area contributed by atoms with Crippen LogP contribution >= 0.6 is 11.6 Å². The van der Waals surface area contributed by atoms with E-state index in [0.717, 1.165) is 55.0 Å². The van der Waals surface area contributed by atoms with Crippen LogP contribution in [-0.4, -0.2) is 58.1 Å². The van der Waals surface area contributed by atoms with Crippen molar-refractivity contribution < 1.29 is 4.79 Å². The molecular weight excluding hydrogens is 448 g/mol. The molecule has 1 aliphatic heterocycles. The van der Waals surface area contributed by atoms with Crippen LogP contribution in [0.4, 0.5) is 11.6 Å². The van der Waals surface area contributed by atoms with Crippen molar-refractivity contribution >= 4 is 40.0 Å². The molecule has 1 aliphatic rings. The van der Waals surface area contributed by atoms with Crippen LogP contribution in [0.1, 0.15) is 11.3 Å². The largest absolute Gasteiger partial charge is 0.343 e. The Kier molecular flexibility index (Phi) is 6.47. The summed E-state index contributed by atoms with van der Waals surface area (Å²) in [6, 6.07) is 20.3. The van der Waals surface area contributed by atoms with E-state index in [0.29, 0.717) is 17.6 Å². The number of fused-ring (bicyclic) bond motifs is 1. The van der Waals surface area contributed by atoms with Gasteiger partial charge in [0, 0.05) is 61.2 Å². The lowest BCUT2D eigenvalue weighted by molar-refractivity contribution is -0.117. The number of aromatic nitrogens is 3.